The second-order valence-electron chi connectivity index (χ2n) is 10.4. The van der Waals surface area contributed by atoms with Crippen LogP contribution in [0.5, 0.6) is 0 Å². The molecule has 0 aliphatic carbocycles. The number of benzene rings is 1. The Morgan fingerprint density at radius 3 is 2.50 bits per heavy atom. The zero-order chi connectivity index (χ0) is 24.9. The summed E-state index contributed by atoms with van der Waals surface area (Å²) in [5.41, 5.74) is 3.60. The third-order valence-corrected chi connectivity index (χ3v) is 7.83. The molecule has 0 radical (unpaired) electrons. The average Bonchev–Trinajstić information content (AvgIpc) is 3.41. The van der Waals surface area contributed by atoms with E-state index < -0.39 is 0 Å². The quantitative estimate of drug-likeness (QED) is 0.456. The van der Waals surface area contributed by atoms with Gasteiger partial charge in [-0.15, -0.1) is 0 Å². The molecule has 5 heterocycles. The van der Waals surface area contributed by atoms with Gasteiger partial charge in [0.2, 0.25) is 5.95 Å². The van der Waals surface area contributed by atoms with Crippen molar-refractivity contribution in [3.63, 3.8) is 0 Å². The molecule has 2 saturated heterocycles. The zero-order valence-corrected chi connectivity index (χ0v) is 21.3. The van der Waals surface area contributed by atoms with Gasteiger partial charge in [-0.1, -0.05) is 19.1 Å². The number of aryl methyl sites for hydroxylation is 2. The molecule has 0 unspecified atom stereocenters. The zero-order valence-electron chi connectivity index (χ0n) is 21.3. The van der Waals surface area contributed by atoms with E-state index in [1.807, 2.05) is 36.7 Å². The van der Waals surface area contributed by atoms with E-state index in [4.69, 9.17) is 24.7 Å². The molecular formula is C26H34N8O2. The molecule has 2 fully saturated rings. The van der Waals surface area contributed by atoms with E-state index in [0.29, 0.717) is 19.2 Å². The van der Waals surface area contributed by atoms with Crippen molar-refractivity contribution in [3.05, 3.63) is 35.9 Å². The first kappa shape index (κ1) is 23.3. The Bertz CT molecular complexity index is 1400. The minimum Gasteiger partial charge on any atom is -0.396 e. The number of imidazole rings is 2. The van der Waals surface area contributed by atoms with Crippen molar-refractivity contribution in [1.82, 2.24) is 34.0 Å². The molecule has 6 rings (SSSR count). The molecule has 0 amide bonds. The number of para-hydroxylation sites is 2. The Labute approximate surface area is 210 Å². The molecule has 3 aromatic heterocycles. The monoisotopic (exact) mass is 490 g/mol. The molecular weight excluding hydrogens is 456 g/mol. The largest absolute Gasteiger partial charge is 0.396 e. The summed E-state index contributed by atoms with van der Waals surface area (Å²) in [7, 11) is 2.05. The van der Waals surface area contributed by atoms with Crippen molar-refractivity contribution in [2.24, 2.45) is 12.5 Å². The fourth-order valence-electron chi connectivity index (χ4n) is 5.33. The maximum atomic E-state index is 9.74. The number of hydrogen-bond acceptors (Lipinski definition) is 8. The van der Waals surface area contributed by atoms with Gasteiger partial charge in [0, 0.05) is 26.7 Å². The summed E-state index contributed by atoms with van der Waals surface area (Å²) in [5.74, 6) is 3.29. The number of anilines is 1. The van der Waals surface area contributed by atoms with Crippen LogP contribution in [0.2, 0.25) is 0 Å². The van der Waals surface area contributed by atoms with Gasteiger partial charge < -0.3 is 19.3 Å². The number of aliphatic hydroxyl groups excluding tert-OH is 1. The lowest BCUT2D eigenvalue weighted by molar-refractivity contribution is 0.0544. The lowest BCUT2D eigenvalue weighted by Gasteiger charge is -2.37. The Morgan fingerprint density at radius 1 is 1.00 bits per heavy atom. The number of rotatable bonds is 5. The van der Waals surface area contributed by atoms with Gasteiger partial charge in [-0.25, -0.2) is 9.97 Å². The van der Waals surface area contributed by atoms with Crippen LogP contribution in [0.25, 0.3) is 28.1 Å². The number of ether oxygens (including phenoxy) is 1. The highest BCUT2D eigenvalue weighted by molar-refractivity contribution is 5.86. The van der Waals surface area contributed by atoms with Crippen molar-refractivity contribution in [2.75, 3.05) is 50.9 Å². The minimum atomic E-state index is 0.0260. The van der Waals surface area contributed by atoms with Crippen LogP contribution in [0, 0.1) is 12.3 Å². The van der Waals surface area contributed by atoms with Crippen LogP contribution in [-0.2, 0) is 18.3 Å². The van der Waals surface area contributed by atoms with E-state index in [2.05, 4.69) is 27.4 Å². The third-order valence-electron chi connectivity index (χ3n) is 7.83. The standard InChI is InChI=1S/C26H34N8O2/c1-18-27-19-6-4-5-7-20(19)34(18)25-29-23-22(24(30-25)33-12-14-36-15-13-33)28-21(31(23)3)16-32-10-8-26(2,17-35)9-11-32/h4-7,35H,8-17H2,1-3H3. The topological polar surface area (TPSA) is 97.4 Å². The molecule has 2 aliphatic heterocycles. The summed E-state index contributed by atoms with van der Waals surface area (Å²) < 4.78 is 9.76. The number of hydrogen-bond donors (Lipinski definition) is 1. The Balaban J connectivity index is 1.44. The second kappa shape index (κ2) is 9.10. The first-order valence-corrected chi connectivity index (χ1v) is 12.8. The molecule has 190 valence electrons. The highest BCUT2D eigenvalue weighted by atomic mass is 16.5. The second-order valence-corrected chi connectivity index (χ2v) is 10.4. The molecule has 10 nitrogen and oxygen atoms in total. The normalized spacial score (nSPS) is 18.9. The van der Waals surface area contributed by atoms with Gasteiger partial charge in [-0.2, -0.15) is 9.97 Å². The SMILES string of the molecule is Cc1nc2ccccc2n1-c1nc(N2CCOCC2)c2nc(CN3CCC(C)(CO)CC3)n(C)c2n1. The molecule has 10 heteroatoms. The lowest BCUT2D eigenvalue weighted by atomic mass is 9.81. The highest BCUT2D eigenvalue weighted by Gasteiger charge is 2.30. The van der Waals surface area contributed by atoms with Crippen LogP contribution >= 0.6 is 0 Å². The maximum Gasteiger partial charge on any atom is 0.239 e. The van der Waals surface area contributed by atoms with E-state index in [9.17, 15) is 5.11 Å². The summed E-state index contributed by atoms with van der Waals surface area (Å²) in [6.07, 6.45) is 1.98. The van der Waals surface area contributed by atoms with E-state index in [0.717, 1.165) is 85.2 Å². The van der Waals surface area contributed by atoms with Crippen LogP contribution in [0.1, 0.15) is 31.4 Å². The Morgan fingerprint density at radius 2 is 1.75 bits per heavy atom. The molecule has 0 atom stereocenters. The molecule has 1 aromatic carbocycles. The van der Waals surface area contributed by atoms with Crippen molar-refractivity contribution in [3.8, 4) is 5.95 Å². The Kier molecular flexibility index (Phi) is 5.89. The number of aromatic nitrogens is 6. The van der Waals surface area contributed by atoms with E-state index >= 15 is 0 Å². The number of likely N-dealkylation sites (tertiary alicyclic amines) is 1. The van der Waals surface area contributed by atoms with Gasteiger partial charge in [0.25, 0.3) is 0 Å². The predicted octanol–water partition coefficient (Wildman–Crippen LogP) is 2.44. The van der Waals surface area contributed by atoms with Crippen molar-refractivity contribution in [1.29, 1.82) is 0 Å². The van der Waals surface area contributed by atoms with Crippen molar-refractivity contribution >= 4 is 28.0 Å². The summed E-state index contributed by atoms with van der Waals surface area (Å²) >= 11 is 0. The molecule has 0 spiro atoms. The summed E-state index contributed by atoms with van der Waals surface area (Å²) in [6.45, 7) is 9.95. The number of morpholine rings is 1. The summed E-state index contributed by atoms with van der Waals surface area (Å²) in [5, 5.41) is 9.74. The van der Waals surface area contributed by atoms with Gasteiger partial charge in [0.1, 0.15) is 11.6 Å². The van der Waals surface area contributed by atoms with Crippen LogP contribution in [0.15, 0.2) is 24.3 Å². The molecule has 2 aliphatic rings. The Hall–Kier alpha value is -3.08. The van der Waals surface area contributed by atoms with Gasteiger partial charge in [0.05, 0.1) is 30.8 Å². The molecule has 1 N–H and O–H groups in total. The van der Waals surface area contributed by atoms with Gasteiger partial charge >= 0.3 is 0 Å². The molecule has 36 heavy (non-hydrogen) atoms. The average molecular weight is 491 g/mol. The van der Waals surface area contributed by atoms with Gasteiger partial charge in [-0.3, -0.25) is 9.47 Å². The third kappa shape index (κ3) is 4.03. The van der Waals surface area contributed by atoms with Crippen LogP contribution < -0.4 is 4.90 Å². The summed E-state index contributed by atoms with van der Waals surface area (Å²) in [6, 6.07) is 8.09. The van der Waals surface area contributed by atoms with Gasteiger partial charge in [-0.05, 0) is 50.4 Å². The smallest absolute Gasteiger partial charge is 0.239 e. The van der Waals surface area contributed by atoms with E-state index in [1.165, 1.54) is 0 Å². The van der Waals surface area contributed by atoms with Crippen LogP contribution in [0.4, 0.5) is 5.82 Å². The number of nitrogens with zero attached hydrogens (tertiary/aromatic N) is 8. The van der Waals surface area contributed by atoms with Crippen LogP contribution in [-0.4, -0.2) is 85.1 Å². The molecule has 0 saturated carbocycles. The summed E-state index contributed by atoms with van der Waals surface area (Å²) in [4.78, 5) is 24.6. The minimum absolute atomic E-state index is 0.0260. The van der Waals surface area contributed by atoms with Crippen LogP contribution in [0.3, 0.4) is 0 Å². The van der Waals surface area contributed by atoms with Crippen molar-refractivity contribution in [2.45, 2.75) is 33.2 Å². The first-order valence-electron chi connectivity index (χ1n) is 12.8. The van der Waals surface area contributed by atoms with Crippen molar-refractivity contribution < 1.29 is 9.84 Å². The fraction of sp³-hybridized carbons (Fsp3) is 0.538. The fourth-order valence-corrected chi connectivity index (χ4v) is 5.33. The lowest BCUT2D eigenvalue weighted by Crippen LogP contribution is -2.40. The van der Waals surface area contributed by atoms with E-state index in [-0.39, 0.29) is 12.0 Å². The van der Waals surface area contributed by atoms with Gasteiger partial charge in [0.15, 0.2) is 17.0 Å². The highest BCUT2D eigenvalue weighted by Crippen LogP contribution is 2.32. The number of fused-ring (bicyclic) bond motifs is 2. The molecule has 4 aromatic rings. The maximum absolute atomic E-state index is 9.74. The number of piperidine rings is 1. The van der Waals surface area contributed by atoms with E-state index in [1.54, 1.807) is 0 Å². The first-order chi connectivity index (χ1) is 17.5. The molecule has 0 bridgehead atoms. The predicted molar refractivity (Wildman–Crippen MR) is 138 cm³/mol. The number of aliphatic hydroxyl groups is 1.